The number of benzene rings is 2. The molecule has 3 heterocycles. The van der Waals surface area contributed by atoms with E-state index in [1.54, 1.807) is 7.11 Å². The van der Waals surface area contributed by atoms with Crippen molar-refractivity contribution in [2.24, 2.45) is 5.41 Å². The monoisotopic (exact) mass is 635 g/mol. The Morgan fingerprint density at radius 1 is 0.867 bits per heavy atom. The highest BCUT2D eigenvalue weighted by molar-refractivity contribution is 7.82. The lowest BCUT2D eigenvalue weighted by Crippen LogP contribution is -2.52. The van der Waals surface area contributed by atoms with Crippen LogP contribution in [-0.4, -0.2) is 83.3 Å². The molecule has 1 saturated carbocycles. The van der Waals surface area contributed by atoms with Gasteiger partial charge in [0, 0.05) is 31.2 Å². The Morgan fingerprint density at radius 2 is 1.51 bits per heavy atom. The molecule has 2 atom stereocenters. The summed E-state index contributed by atoms with van der Waals surface area (Å²) in [6.45, 7) is 9.42. The molecule has 3 aliphatic heterocycles. The number of carbonyl (C=O) groups is 1. The number of ether oxygens (including phenoxy) is 2. The molecule has 4 aliphatic rings. The van der Waals surface area contributed by atoms with Gasteiger partial charge >= 0.3 is 0 Å². The first kappa shape index (κ1) is 32.7. The number of aryl methyl sites for hydroxylation is 2. The van der Waals surface area contributed by atoms with Crippen LogP contribution in [0.4, 0.5) is 0 Å². The smallest absolute Gasteiger partial charge is 0.248 e. The van der Waals surface area contributed by atoms with Gasteiger partial charge in [-0.15, -0.1) is 0 Å². The van der Waals surface area contributed by atoms with Crippen molar-refractivity contribution in [2.45, 2.75) is 101 Å². The van der Waals surface area contributed by atoms with E-state index in [4.69, 9.17) is 9.47 Å². The molecule has 2 aromatic carbocycles. The Hall–Kier alpha value is -2.26. The van der Waals surface area contributed by atoms with Crippen molar-refractivity contribution in [3.63, 3.8) is 0 Å². The molecule has 4 fully saturated rings. The molecule has 6 rings (SSSR count). The molecule has 1 aliphatic carbocycles. The summed E-state index contributed by atoms with van der Waals surface area (Å²) in [7, 11) is 0.382. The van der Waals surface area contributed by atoms with Crippen molar-refractivity contribution >= 4 is 16.9 Å². The van der Waals surface area contributed by atoms with Crippen LogP contribution >= 0.6 is 0 Å². The summed E-state index contributed by atoms with van der Waals surface area (Å²) >= 11 is 0. The lowest BCUT2D eigenvalue weighted by Gasteiger charge is -2.53. The van der Waals surface area contributed by atoms with Gasteiger partial charge in [-0.3, -0.25) is 9.69 Å². The SMILES string of the molecule is COc1cc(C)c(S(=O)N2CCCCC2COCC(=O)N2CCC3(CC2)CCC(c2ccccc2)(N2CCCC2)CC3)c(C)c1. The molecule has 0 aromatic heterocycles. The van der Waals surface area contributed by atoms with Crippen molar-refractivity contribution < 1.29 is 18.5 Å². The van der Waals surface area contributed by atoms with Gasteiger partial charge < -0.3 is 14.4 Å². The Balaban J connectivity index is 1.00. The van der Waals surface area contributed by atoms with E-state index in [0.717, 1.165) is 73.5 Å². The molecule has 3 saturated heterocycles. The minimum atomic E-state index is -1.28. The van der Waals surface area contributed by atoms with E-state index in [0.29, 0.717) is 12.0 Å². The number of hydrogen-bond donors (Lipinski definition) is 0. The minimum Gasteiger partial charge on any atom is -0.497 e. The van der Waals surface area contributed by atoms with Crippen molar-refractivity contribution in [3.05, 3.63) is 59.2 Å². The van der Waals surface area contributed by atoms with Crippen LogP contribution in [0.3, 0.4) is 0 Å². The summed E-state index contributed by atoms with van der Waals surface area (Å²) in [6.07, 6.45) is 12.8. The summed E-state index contributed by atoms with van der Waals surface area (Å²) in [4.78, 5) is 19.0. The molecule has 2 unspecified atom stereocenters. The molecule has 0 N–H and O–H groups in total. The van der Waals surface area contributed by atoms with Gasteiger partial charge in [0.2, 0.25) is 5.91 Å². The average molecular weight is 636 g/mol. The molecule has 0 radical (unpaired) electrons. The van der Waals surface area contributed by atoms with E-state index in [1.165, 1.54) is 57.2 Å². The number of amides is 1. The zero-order chi connectivity index (χ0) is 31.4. The first-order valence-corrected chi connectivity index (χ1v) is 18.4. The van der Waals surface area contributed by atoms with Crippen molar-refractivity contribution in [3.8, 4) is 5.75 Å². The summed E-state index contributed by atoms with van der Waals surface area (Å²) < 4.78 is 27.4. The maximum absolute atomic E-state index is 13.8. The standard InChI is InChI=1S/C37H53N3O4S/c1-29-25-33(43-3)26-30(2)35(29)45(42)40-22-8-7-13-32(40)27-44-28-34(41)38-23-18-36(19-24-38)14-16-37(17-15-36,39-20-9-10-21-39)31-11-5-4-6-12-31/h4-6,11-12,25-26,32H,7-10,13-24,27-28H2,1-3H3. The number of likely N-dealkylation sites (tertiary alicyclic amines) is 2. The second-order valence-electron chi connectivity index (χ2n) is 14.1. The Kier molecular flexibility index (Phi) is 10.3. The predicted octanol–water partition coefficient (Wildman–Crippen LogP) is 6.38. The topological polar surface area (TPSA) is 62.3 Å². The van der Waals surface area contributed by atoms with Crippen LogP contribution in [-0.2, 0) is 26.1 Å². The second kappa shape index (κ2) is 14.2. The van der Waals surface area contributed by atoms with Gasteiger partial charge in [0.15, 0.2) is 0 Å². The average Bonchev–Trinajstić information content (AvgIpc) is 3.62. The van der Waals surface area contributed by atoms with Crippen LogP contribution in [0.25, 0.3) is 0 Å². The van der Waals surface area contributed by atoms with Crippen molar-refractivity contribution in [2.75, 3.05) is 53.0 Å². The first-order chi connectivity index (χ1) is 21.8. The van der Waals surface area contributed by atoms with Gasteiger partial charge in [-0.05, 0) is 125 Å². The molecule has 8 heteroatoms. The van der Waals surface area contributed by atoms with Gasteiger partial charge in [-0.2, -0.15) is 0 Å². The van der Waals surface area contributed by atoms with Crippen molar-refractivity contribution in [1.29, 1.82) is 0 Å². The largest absolute Gasteiger partial charge is 0.497 e. The Bertz CT molecular complexity index is 1300. The predicted molar refractivity (Wildman–Crippen MR) is 180 cm³/mol. The molecule has 246 valence electrons. The normalized spacial score (nSPS) is 24.5. The van der Waals surface area contributed by atoms with E-state index in [1.807, 2.05) is 30.9 Å². The van der Waals surface area contributed by atoms with Crippen LogP contribution < -0.4 is 4.74 Å². The highest BCUT2D eigenvalue weighted by Gasteiger charge is 2.48. The van der Waals surface area contributed by atoms with E-state index in [2.05, 4.69) is 39.5 Å². The number of nitrogens with zero attached hydrogens (tertiary/aromatic N) is 3. The maximum Gasteiger partial charge on any atom is 0.248 e. The van der Waals surface area contributed by atoms with Gasteiger partial charge in [0.25, 0.3) is 0 Å². The number of methoxy groups -OCH3 is 1. The van der Waals surface area contributed by atoms with Crippen LogP contribution in [0.5, 0.6) is 5.75 Å². The molecular weight excluding hydrogens is 582 g/mol. The molecule has 1 amide bonds. The first-order valence-electron chi connectivity index (χ1n) is 17.3. The molecule has 2 aromatic rings. The van der Waals surface area contributed by atoms with Crippen LogP contribution in [0.15, 0.2) is 47.4 Å². The van der Waals surface area contributed by atoms with Gasteiger partial charge in [-0.25, -0.2) is 8.51 Å². The van der Waals surface area contributed by atoms with E-state index in [9.17, 15) is 9.00 Å². The minimum absolute atomic E-state index is 0.0423. The molecular formula is C37H53N3O4S. The molecule has 45 heavy (non-hydrogen) atoms. The Morgan fingerprint density at radius 3 is 2.16 bits per heavy atom. The van der Waals surface area contributed by atoms with Gasteiger partial charge in [0.1, 0.15) is 23.3 Å². The van der Waals surface area contributed by atoms with Gasteiger partial charge in [0.05, 0.1) is 18.6 Å². The van der Waals surface area contributed by atoms with E-state index in [-0.39, 0.29) is 24.1 Å². The molecule has 7 nitrogen and oxygen atoms in total. The summed E-state index contributed by atoms with van der Waals surface area (Å²) in [5, 5.41) is 0. The number of carbonyl (C=O) groups excluding carboxylic acids is 1. The zero-order valence-electron chi connectivity index (χ0n) is 27.7. The molecule has 0 bridgehead atoms. The lowest BCUT2D eigenvalue weighted by molar-refractivity contribution is -0.139. The third-order valence-electron chi connectivity index (χ3n) is 11.5. The summed E-state index contributed by atoms with van der Waals surface area (Å²) in [6, 6.07) is 15.2. The van der Waals surface area contributed by atoms with Crippen molar-refractivity contribution in [1.82, 2.24) is 14.1 Å². The van der Waals surface area contributed by atoms with Crippen LogP contribution in [0, 0.1) is 19.3 Å². The maximum atomic E-state index is 13.8. The third-order valence-corrected chi connectivity index (χ3v) is 13.4. The zero-order valence-corrected chi connectivity index (χ0v) is 28.5. The Labute approximate surface area is 273 Å². The van der Waals surface area contributed by atoms with E-state index < -0.39 is 11.0 Å². The summed E-state index contributed by atoms with van der Waals surface area (Å²) in [5.74, 6) is 0.888. The van der Waals surface area contributed by atoms with Gasteiger partial charge in [-0.1, -0.05) is 36.8 Å². The number of piperidine rings is 2. The quantitative estimate of drug-likeness (QED) is 0.320. The number of hydrogen-bond acceptors (Lipinski definition) is 5. The third kappa shape index (κ3) is 6.90. The fourth-order valence-corrected chi connectivity index (χ4v) is 10.4. The second-order valence-corrected chi connectivity index (χ2v) is 15.5. The van der Waals surface area contributed by atoms with Crippen LogP contribution in [0.2, 0.25) is 0 Å². The fourth-order valence-electron chi connectivity index (χ4n) is 8.76. The highest BCUT2D eigenvalue weighted by atomic mass is 32.2. The fraction of sp³-hybridized carbons (Fsp3) is 0.649. The number of rotatable bonds is 9. The molecule has 1 spiro atoms. The highest BCUT2D eigenvalue weighted by Crippen LogP contribution is 2.53. The van der Waals surface area contributed by atoms with E-state index >= 15 is 0 Å². The summed E-state index contributed by atoms with van der Waals surface area (Å²) in [5.41, 5.74) is 4.01. The lowest BCUT2D eigenvalue weighted by atomic mass is 9.61. The van der Waals surface area contributed by atoms with Crippen LogP contribution in [0.1, 0.15) is 87.3 Å².